The molecule has 6 heteroatoms. The Morgan fingerprint density at radius 3 is 2.68 bits per heavy atom. The maximum Gasteiger partial charge on any atom is 0.230 e. The molecule has 19 heavy (non-hydrogen) atoms. The first-order valence-electron chi connectivity index (χ1n) is 6.22. The lowest BCUT2D eigenvalue weighted by atomic mass is 10.3. The Hall–Kier alpha value is -1.95. The van der Waals surface area contributed by atoms with Gasteiger partial charge in [-0.25, -0.2) is 0 Å². The van der Waals surface area contributed by atoms with Crippen LogP contribution in [0.25, 0.3) is 0 Å². The molecule has 0 saturated heterocycles. The van der Waals surface area contributed by atoms with E-state index in [4.69, 9.17) is 0 Å². The Labute approximate surface area is 115 Å². The minimum Gasteiger partial charge on any atom is -0.366 e. The van der Waals surface area contributed by atoms with Gasteiger partial charge in [0.2, 0.25) is 5.91 Å². The molecule has 0 bridgehead atoms. The van der Waals surface area contributed by atoms with Crippen molar-refractivity contribution >= 4 is 28.9 Å². The summed E-state index contributed by atoms with van der Waals surface area (Å²) < 4.78 is 0. The van der Waals surface area contributed by atoms with Crippen LogP contribution in [0, 0.1) is 0 Å². The zero-order valence-corrected chi connectivity index (χ0v) is 11.1. The van der Waals surface area contributed by atoms with Crippen LogP contribution in [-0.2, 0) is 11.2 Å². The largest absolute Gasteiger partial charge is 0.366 e. The summed E-state index contributed by atoms with van der Waals surface area (Å²) in [7, 11) is 0. The lowest BCUT2D eigenvalue weighted by Crippen LogP contribution is -2.15. The van der Waals surface area contributed by atoms with E-state index in [0.29, 0.717) is 18.3 Å². The second-order valence-corrected chi connectivity index (χ2v) is 5.56. The molecule has 98 valence electrons. The van der Waals surface area contributed by atoms with Crippen LogP contribution in [0.3, 0.4) is 0 Å². The number of thiophene rings is 1. The SMILES string of the molecule is O=C(Cc1cccs1)Nc1ccc(NC2CC2)nn1. The highest BCUT2D eigenvalue weighted by Crippen LogP contribution is 2.23. The van der Waals surface area contributed by atoms with Crippen molar-refractivity contribution < 1.29 is 4.79 Å². The Kier molecular flexibility index (Phi) is 3.41. The first-order valence-corrected chi connectivity index (χ1v) is 7.10. The van der Waals surface area contributed by atoms with Crippen LogP contribution >= 0.6 is 11.3 Å². The van der Waals surface area contributed by atoms with Gasteiger partial charge in [-0.3, -0.25) is 4.79 Å². The Morgan fingerprint density at radius 2 is 2.05 bits per heavy atom. The fourth-order valence-electron chi connectivity index (χ4n) is 1.67. The number of carbonyl (C=O) groups excluding carboxylic acids is 1. The van der Waals surface area contributed by atoms with E-state index in [1.54, 1.807) is 17.4 Å². The number of carbonyl (C=O) groups is 1. The molecule has 2 aromatic heterocycles. The molecule has 2 N–H and O–H groups in total. The second-order valence-electron chi connectivity index (χ2n) is 4.53. The molecule has 1 saturated carbocycles. The molecule has 0 aliphatic heterocycles. The van der Waals surface area contributed by atoms with Crippen LogP contribution in [0.15, 0.2) is 29.6 Å². The van der Waals surface area contributed by atoms with Crippen molar-refractivity contribution in [3.63, 3.8) is 0 Å². The highest BCUT2D eigenvalue weighted by molar-refractivity contribution is 7.10. The number of nitrogens with zero attached hydrogens (tertiary/aromatic N) is 2. The predicted molar refractivity (Wildman–Crippen MR) is 75.3 cm³/mol. The van der Waals surface area contributed by atoms with Crippen molar-refractivity contribution in [3.05, 3.63) is 34.5 Å². The highest BCUT2D eigenvalue weighted by atomic mass is 32.1. The molecule has 1 aliphatic rings. The molecular weight excluding hydrogens is 260 g/mol. The van der Waals surface area contributed by atoms with Crippen molar-refractivity contribution in [2.24, 2.45) is 0 Å². The van der Waals surface area contributed by atoms with Crippen molar-refractivity contribution in [2.75, 3.05) is 10.6 Å². The molecule has 1 fully saturated rings. The zero-order valence-electron chi connectivity index (χ0n) is 10.3. The quantitative estimate of drug-likeness (QED) is 0.878. The molecule has 5 nitrogen and oxygen atoms in total. The van der Waals surface area contributed by atoms with Crippen molar-refractivity contribution in [3.8, 4) is 0 Å². The summed E-state index contributed by atoms with van der Waals surface area (Å²) in [6, 6.07) is 8.04. The van der Waals surface area contributed by atoms with Gasteiger partial charge in [-0.1, -0.05) is 6.07 Å². The van der Waals surface area contributed by atoms with Gasteiger partial charge in [-0.15, -0.1) is 21.5 Å². The third-order valence-corrected chi connectivity index (χ3v) is 3.65. The zero-order chi connectivity index (χ0) is 13.1. The molecule has 1 amide bonds. The van der Waals surface area contributed by atoms with Gasteiger partial charge in [0.1, 0.15) is 5.82 Å². The summed E-state index contributed by atoms with van der Waals surface area (Å²) >= 11 is 1.57. The second kappa shape index (κ2) is 5.36. The number of nitrogens with one attached hydrogen (secondary N) is 2. The van der Waals surface area contributed by atoms with E-state index in [1.807, 2.05) is 23.6 Å². The predicted octanol–water partition coefficient (Wildman–Crippen LogP) is 2.29. The van der Waals surface area contributed by atoms with Gasteiger partial charge in [-0.2, -0.15) is 0 Å². The van der Waals surface area contributed by atoms with Crippen LogP contribution in [-0.4, -0.2) is 22.1 Å². The van der Waals surface area contributed by atoms with Crippen LogP contribution in [0.4, 0.5) is 11.6 Å². The average molecular weight is 274 g/mol. The van der Waals surface area contributed by atoms with E-state index in [2.05, 4.69) is 20.8 Å². The van der Waals surface area contributed by atoms with Crippen LogP contribution in [0.2, 0.25) is 0 Å². The lowest BCUT2D eigenvalue weighted by molar-refractivity contribution is -0.115. The topological polar surface area (TPSA) is 66.9 Å². The fraction of sp³-hybridized carbons (Fsp3) is 0.308. The summed E-state index contributed by atoms with van der Waals surface area (Å²) in [5, 5.41) is 16.0. The number of hydrogen-bond donors (Lipinski definition) is 2. The minimum atomic E-state index is -0.0698. The number of aromatic nitrogens is 2. The molecule has 1 aliphatic carbocycles. The molecule has 0 atom stereocenters. The number of amides is 1. The molecule has 0 spiro atoms. The molecule has 2 aromatic rings. The Bertz CT molecular complexity index is 549. The third-order valence-electron chi connectivity index (χ3n) is 2.78. The van der Waals surface area contributed by atoms with Crippen molar-refractivity contribution in [1.82, 2.24) is 10.2 Å². The maximum absolute atomic E-state index is 11.8. The van der Waals surface area contributed by atoms with Gasteiger partial charge < -0.3 is 10.6 Å². The van der Waals surface area contributed by atoms with Gasteiger partial charge in [0, 0.05) is 10.9 Å². The summed E-state index contributed by atoms with van der Waals surface area (Å²) in [6.45, 7) is 0. The van der Waals surface area contributed by atoms with Crippen LogP contribution < -0.4 is 10.6 Å². The summed E-state index contributed by atoms with van der Waals surface area (Å²) in [5.74, 6) is 1.18. The maximum atomic E-state index is 11.8. The van der Waals surface area contributed by atoms with E-state index >= 15 is 0 Å². The van der Waals surface area contributed by atoms with Gasteiger partial charge in [0.05, 0.1) is 6.42 Å². The molecule has 2 heterocycles. The Balaban J connectivity index is 1.55. The first kappa shape index (κ1) is 12.1. The molecule has 0 radical (unpaired) electrons. The normalized spacial score (nSPS) is 14.1. The van der Waals surface area contributed by atoms with Crippen LogP contribution in [0.1, 0.15) is 17.7 Å². The van der Waals surface area contributed by atoms with E-state index in [-0.39, 0.29) is 5.91 Å². The van der Waals surface area contributed by atoms with Crippen molar-refractivity contribution in [1.29, 1.82) is 0 Å². The summed E-state index contributed by atoms with van der Waals surface area (Å²) in [4.78, 5) is 12.8. The monoisotopic (exact) mass is 274 g/mol. The minimum absolute atomic E-state index is 0.0698. The number of anilines is 2. The molecule has 0 unspecified atom stereocenters. The van der Waals surface area contributed by atoms with E-state index in [9.17, 15) is 4.79 Å². The lowest BCUT2D eigenvalue weighted by Gasteiger charge is -2.05. The van der Waals surface area contributed by atoms with Gasteiger partial charge >= 0.3 is 0 Å². The smallest absolute Gasteiger partial charge is 0.230 e. The first-order chi connectivity index (χ1) is 9.29. The number of rotatable bonds is 5. The van der Waals surface area contributed by atoms with Crippen LogP contribution in [0.5, 0.6) is 0 Å². The molecule has 0 aromatic carbocycles. The van der Waals surface area contributed by atoms with E-state index < -0.39 is 0 Å². The van der Waals surface area contributed by atoms with Gasteiger partial charge in [0.15, 0.2) is 5.82 Å². The van der Waals surface area contributed by atoms with Crippen molar-refractivity contribution in [2.45, 2.75) is 25.3 Å². The average Bonchev–Trinajstić information content (AvgIpc) is 3.07. The molecular formula is C13H14N4OS. The van der Waals surface area contributed by atoms with E-state index in [1.165, 1.54) is 12.8 Å². The highest BCUT2D eigenvalue weighted by Gasteiger charge is 2.21. The van der Waals surface area contributed by atoms with Gasteiger partial charge in [0.25, 0.3) is 0 Å². The third kappa shape index (κ3) is 3.51. The van der Waals surface area contributed by atoms with Gasteiger partial charge in [-0.05, 0) is 36.4 Å². The molecule has 3 rings (SSSR count). The summed E-state index contributed by atoms with van der Waals surface area (Å²) in [5.41, 5.74) is 0. The Morgan fingerprint density at radius 1 is 1.26 bits per heavy atom. The fourth-order valence-corrected chi connectivity index (χ4v) is 2.37. The standard InChI is InChI=1S/C13H14N4OS/c18-13(8-10-2-1-7-19-10)15-12-6-5-11(16-17-12)14-9-3-4-9/h1-2,5-7,9H,3-4,8H2,(H,14,16)(H,15,17,18). The summed E-state index contributed by atoms with van der Waals surface area (Å²) in [6.07, 6.45) is 2.77. The number of hydrogen-bond acceptors (Lipinski definition) is 5. The van der Waals surface area contributed by atoms with E-state index in [0.717, 1.165) is 10.7 Å².